The lowest BCUT2D eigenvalue weighted by Gasteiger charge is -2.43. The molecule has 4 aromatic rings. The fraction of sp³-hybridized carbons (Fsp3) is 0.324. The van der Waals surface area contributed by atoms with E-state index in [4.69, 9.17) is 25.8 Å². The standard InChI is InChI=1S/C34H29ClN2O6S2/c1-41-20-10-8-19(9-11-20)37-32(38)27-21-14-22(28(27)33(37)39)29-26(21)25(30-31(44-29)36-34(40)45-30)17-5-12-23(24(13-17)42-2)43-15-16-3-6-18(35)7-4-16/h3-13,21-22,25-29H,14-15H2,1-2H3,(H,36,40)/t21-,22-,25+,26+,27+,28+,29-/m1/s1. The summed E-state index contributed by atoms with van der Waals surface area (Å²) in [5.74, 6) is 0.908. The zero-order valence-electron chi connectivity index (χ0n) is 24.4. The lowest BCUT2D eigenvalue weighted by atomic mass is 9.68. The van der Waals surface area contributed by atoms with Gasteiger partial charge in [0.25, 0.3) is 0 Å². The molecular weight excluding hydrogens is 632 g/mol. The normalized spacial score (nSPS) is 27.7. The summed E-state index contributed by atoms with van der Waals surface area (Å²) >= 11 is 8.94. The molecule has 45 heavy (non-hydrogen) atoms. The van der Waals surface area contributed by atoms with Crippen molar-refractivity contribution in [3.05, 3.63) is 97.4 Å². The minimum atomic E-state index is -0.380. The molecule has 11 heteroatoms. The van der Waals surface area contributed by atoms with Crippen molar-refractivity contribution < 1.29 is 23.8 Å². The van der Waals surface area contributed by atoms with Crippen molar-refractivity contribution in [2.24, 2.45) is 29.6 Å². The van der Waals surface area contributed by atoms with E-state index in [1.165, 1.54) is 16.2 Å². The van der Waals surface area contributed by atoms with Gasteiger partial charge < -0.3 is 19.2 Å². The summed E-state index contributed by atoms with van der Waals surface area (Å²) in [7, 11) is 3.20. The molecule has 4 aliphatic rings. The second kappa shape index (κ2) is 11.0. The van der Waals surface area contributed by atoms with Crippen molar-refractivity contribution in [3.63, 3.8) is 0 Å². The van der Waals surface area contributed by atoms with Gasteiger partial charge in [-0.2, -0.15) is 0 Å². The highest BCUT2D eigenvalue weighted by atomic mass is 35.5. The number of H-pyrrole nitrogens is 1. The minimum Gasteiger partial charge on any atom is -0.497 e. The van der Waals surface area contributed by atoms with E-state index in [0.29, 0.717) is 34.6 Å². The Balaban J connectivity index is 1.13. The Hall–Kier alpha value is -3.73. The number of benzene rings is 3. The van der Waals surface area contributed by atoms with Crippen LogP contribution in [0.2, 0.25) is 5.02 Å². The first-order valence-corrected chi connectivity index (χ1v) is 16.9. The Labute approximate surface area is 272 Å². The van der Waals surface area contributed by atoms with E-state index in [1.54, 1.807) is 50.2 Å². The number of nitrogens with one attached hydrogen (secondary N) is 1. The van der Waals surface area contributed by atoms with Crippen LogP contribution in [0.1, 0.15) is 28.3 Å². The third kappa shape index (κ3) is 4.52. The fourth-order valence-electron chi connectivity index (χ4n) is 8.11. The van der Waals surface area contributed by atoms with Gasteiger partial charge in [-0.05, 0) is 83.8 Å². The van der Waals surface area contributed by atoms with Crippen molar-refractivity contribution in [2.45, 2.75) is 29.2 Å². The van der Waals surface area contributed by atoms with Crippen LogP contribution in [0.3, 0.4) is 0 Å². The number of carbonyl (C=O) groups is 2. The Morgan fingerprint density at radius 3 is 2.33 bits per heavy atom. The van der Waals surface area contributed by atoms with Crippen LogP contribution in [0.5, 0.6) is 17.2 Å². The number of anilines is 1. The third-order valence-corrected chi connectivity index (χ3v) is 12.7. The number of hydrogen-bond acceptors (Lipinski definition) is 8. The van der Waals surface area contributed by atoms with Crippen molar-refractivity contribution >= 4 is 52.2 Å². The maximum atomic E-state index is 14.0. The molecule has 3 aromatic carbocycles. The monoisotopic (exact) mass is 660 g/mol. The molecule has 8 rings (SSSR count). The Morgan fingerprint density at radius 2 is 1.62 bits per heavy atom. The summed E-state index contributed by atoms with van der Waals surface area (Å²) in [6.07, 6.45) is 0.820. The number of amides is 2. The molecule has 0 radical (unpaired) electrons. The minimum absolute atomic E-state index is 0.0133. The lowest BCUT2D eigenvalue weighted by molar-refractivity contribution is -0.123. The molecule has 3 fully saturated rings. The highest BCUT2D eigenvalue weighted by Gasteiger charge is 2.69. The molecule has 1 N–H and O–H groups in total. The van der Waals surface area contributed by atoms with Crippen molar-refractivity contribution in [3.8, 4) is 17.2 Å². The second-order valence-electron chi connectivity index (χ2n) is 12.0. The molecule has 1 saturated heterocycles. The Bertz CT molecular complexity index is 1870. The maximum absolute atomic E-state index is 14.0. The number of aromatic amines is 1. The van der Waals surface area contributed by atoms with Crippen LogP contribution < -0.4 is 24.0 Å². The number of nitrogens with zero attached hydrogens (tertiary/aromatic N) is 1. The van der Waals surface area contributed by atoms with Gasteiger partial charge in [-0.15, -0.1) is 11.8 Å². The maximum Gasteiger partial charge on any atom is 0.305 e. The molecule has 230 valence electrons. The molecule has 8 nitrogen and oxygen atoms in total. The number of ether oxygens (including phenoxy) is 3. The van der Waals surface area contributed by atoms with Gasteiger partial charge >= 0.3 is 4.87 Å². The van der Waals surface area contributed by atoms with Gasteiger partial charge in [-0.3, -0.25) is 19.3 Å². The highest BCUT2D eigenvalue weighted by Crippen LogP contribution is 2.68. The van der Waals surface area contributed by atoms with Gasteiger partial charge in [0.05, 0.1) is 36.8 Å². The van der Waals surface area contributed by atoms with Crippen molar-refractivity contribution in [1.82, 2.24) is 4.98 Å². The summed E-state index contributed by atoms with van der Waals surface area (Å²) < 4.78 is 17.2. The zero-order valence-corrected chi connectivity index (χ0v) is 26.8. The summed E-state index contributed by atoms with van der Waals surface area (Å²) in [4.78, 5) is 45.9. The summed E-state index contributed by atoms with van der Waals surface area (Å²) in [6.45, 7) is 0.356. The molecule has 3 heterocycles. The lowest BCUT2D eigenvalue weighted by Crippen LogP contribution is -2.42. The molecule has 0 spiro atoms. The fourth-order valence-corrected chi connectivity index (χ4v) is 11.1. The summed E-state index contributed by atoms with van der Waals surface area (Å²) in [6, 6.07) is 20.5. The predicted molar refractivity (Wildman–Crippen MR) is 173 cm³/mol. The number of hydrogen-bond donors (Lipinski definition) is 1. The quantitative estimate of drug-likeness (QED) is 0.230. The highest BCUT2D eigenvalue weighted by molar-refractivity contribution is 8.00. The van der Waals surface area contributed by atoms with Crippen LogP contribution in [-0.2, 0) is 16.2 Å². The van der Waals surface area contributed by atoms with E-state index in [0.717, 1.165) is 27.5 Å². The number of methoxy groups -OCH3 is 2. The van der Waals surface area contributed by atoms with Gasteiger partial charge in [0.15, 0.2) is 11.5 Å². The van der Waals surface area contributed by atoms with Crippen LogP contribution in [-0.4, -0.2) is 36.3 Å². The number of thioether (sulfide) groups is 1. The summed E-state index contributed by atoms with van der Waals surface area (Å²) in [5.41, 5.74) is 2.56. The first-order chi connectivity index (χ1) is 21.9. The summed E-state index contributed by atoms with van der Waals surface area (Å²) in [5, 5.41) is 1.63. The molecule has 2 aliphatic heterocycles. The smallest absolute Gasteiger partial charge is 0.305 e. The number of thiazole rings is 1. The van der Waals surface area contributed by atoms with E-state index in [2.05, 4.69) is 4.98 Å². The average molecular weight is 661 g/mol. The predicted octanol–water partition coefficient (Wildman–Crippen LogP) is 6.36. The topological polar surface area (TPSA) is 97.9 Å². The third-order valence-electron chi connectivity index (χ3n) is 9.91. The molecule has 2 aliphatic carbocycles. The SMILES string of the molecule is COc1ccc(N2C(=O)[C@H]3[C@H]4C[C@@H]([C@@H]3C2=O)[C@H]2[C@H](c3ccc(OCc5ccc(Cl)cc5)c(OC)c3)c3sc(=O)[nH]c3S[C@H]42)cc1. The largest absolute Gasteiger partial charge is 0.497 e. The van der Waals surface area contributed by atoms with E-state index in [1.807, 2.05) is 42.5 Å². The first-order valence-electron chi connectivity index (χ1n) is 14.8. The number of imide groups is 1. The van der Waals surface area contributed by atoms with Gasteiger partial charge in [0.2, 0.25) is 11.8 Å². The van der Waals surface area contributed by atoms with Gasteiger partial charge in [-0.25, -0.2) is 0 Å². The van der Waals surface area contributed by atoms with Crippen molar-refractivity contribution in [2.75, 3.05) is 19.1 Å². The van der Waals surface area contributed by atoms with Crippen molar-refractivity contribution in [1.29, 1.82) is 0 Å². The Kier molecular flexibility index (Phi) is 7.00. The Morgan fingerprint density at radius 1 is 0.889 bits per heavy atom. The molecular formula is C34H29ClN2O6S2. The zero-order chi connectivity index (χ0) is 31.0. The molecule has 2 amide bonds. The first kappa shape index (κ1) is 28.7. The van der Waals surface area contributed by atoms with E-state index in [-0.39, 0.29) is 57.4 Å². The molecule has 1 aromatic heterocycles. The van der Waals surface area contributed by atoms with Crippen LogP contribution >= 0.6 is 34.7 Å². The average Bonchev–Trinajstić information content (AvgIpc) is 3.79. The number of fused-ring (bicyclic) bond motifs is 9. The number of carbonyl (C=O) groups excluding carboxylic acids is 2. The van der Waals surface area contributed by atoms with Crippen LogP contribution in [0.25, 0.3) is 0 Å². The van der Waals surface area contributed by atoms with E-state index in [9.17, 15) is 14.4 Å². The number of rotatable bonds is 7. The number of halogens is 1. The molecule has 2 bridgehead atoms. The van der Waals surface area contributed by atoms with Gasteiger partial charge in [-0.1, -0.05) is 41.1 Å². The van der Waals surface area contributed by atoms with E-state index < -0.39 is 0 Å². The molecule has 7 atom stereocenters. The van der Waals surface area contributed by atoms with Gasteiger partial charge in [0.1, 0.15) is 12.4 Å². The second-order valence-corrected chi connectivity index (χ2v) is 14.6. The number of aromatic nitrogens is 1. The van der Waals surface area contributed by atoms with Crippen LogP contribution in [0.15, 0.2) is 76.6 Å². The molecule has 0 unspecified atom stereocenters. The van der Waals surface area contributed by atoms with Gasteiger partial charge in [0, 0.05) is 21.1 Å². The molecule has 2 saturated carbocycles. The van der Waals surface area contributed by atoms with Crippen LogP contribution in [0.4, 0.5) is 5.69 Å². The van der Waals surface area contributed by atoms with E-state index >= 15 is 0 Å². The van der Waals surface area contributed by atoms with Crippen LogP contribution in [0, 0.1) is 29.6 Å².